The molecule has 0 amide bonds. The van der Waals surface area contributed by atoms with Crippen molar-refractivity contribution in [3.05, 3.63) is 60.2 Å². The predicted molar refractivity (Wildman–Crippen MR) is 60.7 cm³/mol. The Kier molecular flexibility index (Phi) is 2.88. The lowest BCUT2D eigenvalue weighted by molar-refractivity contribution is 0.474. The Hall–Kier alpha value is -1.96. The predicted octanol–water partition coefficient (Wildman–Crippen LogP) is 2.80. The van der Waals surface area contributed by atoms with E-state index < -0.39 is 0 Å². The maximum absolute atomic E-state index is 9.21. The largest absolute Gasteiger partial charge is 0.507 e. The molecule has 1 radical (unpaired) electrons. The molecular formula is C13H12NO. The van der Waals surface area contributed by atoms with Crippen LogP contribution in [0.4, 0.5) is 5.69 Å². The summed E-state index contributed by atoms with van der Waals surface area (Å²) in [5, 5.41) is 12.4. The summed E-state index contributed by atoms with van der Waals surface area (Å²) < 4.78 is 0. The Morgan fingerprint density at radius 1 is 1.13 bits per heavy atom. The Labute approximate surface area is 89.2 Å². The average molecular weight is 198 g/mol. The molecule has 2 nitrogen and oxygen atoms in total. The lowest BCUT2D eigenvalue weighted by Crippen LogP contribution is -1.98. The molecule has 0 aromatic heterocycles. The Morgan fingerprint density at radius 2 is 1.93 bits per heavy atom. The van der Waals surface area contributed by atoms with Gasteiger partial charge in [-0.05, 0) is 17.7 Å². The van der Waals surface area contributed by atoms with Gasteiger partial charge in [0, 0.05) is 24.4 Å². The van der Waals surface area contributed by atoms with Gasteiger partial charge in [-0.15, -0.1) is 0 Å². The minimum atomic E-state index is 0.160. The fourth-order valence-corrected chi connectivity index (χ4v) is 1.36. The number of nitrogens with one attached hydrogen (secondary N) is 1. The van der Waals surface area contributed by atoms with Crippen molar-refractivity contribution in [2.24, 2.45) is 0 Å². The van der Waals surface area contributed by atoms with Crippen LogP contribution in [-0.2, 0) is 6.54 Å². The van der Waals surface area contributed by atoms with Crippen LogP contribution in [-0.4, -0.2) is 5.11 Å². The second-order valence-corrected chi connectivity index (χ2v) is 3.30. The van der Waals surface area contributed by atoms with E-state index in [9.17, 15) is 5.11 Å². The van der Waals surface area contributed by atoms with Gasteiger partial charge in [-0.2, -0.15) is 0 Å². The highest BCUT2D eigenvalue weighted by atomic mass is 16.3. The number of aromatic hydroxyl groups is 1. The number of benzene rings is 2. The SMILES string of the molecule is Oc1[c]ccc(NCc2ccccc2)c1. The topological polar surface area (TPSA) is 32.3 Å². The molecule has 2 aromatic carbocycles. The van der Waals surface area contributed by atoms with Crippen LogP contribution in [0.15, 0.2) is 48.5 Å². The average Bonchev–Trinajstić information content (AvgIpc) is 2.28. The third-order valence-electron chi connectivity index (χ3n) is 2.13. The van der Waals surface area contributed by atoms with Crippen LogP contribution < -0.4 is 5.32 Å². The van der Waals surface area contributed by atoms with Crippen LogP contribution in [0, 0.1) is 6.07 Å². The standard InChI is InChI=1S/C13H12NO/c15-13-8-4-7-12(9-13)14-10-11-5-2-1-3-6-11/h1-7,9,14-15H,10H2. The van der Waals surface area contributed by atoms with Crippen molar-refractivity contribution >= 4 is 5.69 Å². The molecule has 0 saturated carbocycles. The van der Waals surface area contributed by atoms with Crippen LogP contribution in [0.2, 0.25) is 0 Å². The van der Waals surface area contributed by atoms with Gasteiger partial charge in [0.05, 0.1) is 0 Å². The highest BCUT2D eigenvalue weighted by molar-refractivity contribution is 5.47. The minimum absolute atomic E-state index is 0.160. The zero-order valence-electron chi connectivity index (χ0n) is 8.27. The zero-order valence-corrected chi connectivity index (χ0v) is 8.27. The molecule has 0 aliphatic rings. The van der Waals surface area contributed by atoms with Gasteiger partial charge in [0.1, 0.15) is 5.75 Å². The third kappa shape index (κ3) is 2.74. The molecule has 0 aliphatic carbocycles. The van der Waals surface area contributed by atoms with Gasteiger partial charge in [-0.25, -0.2) is 0 Å². The van der Waals surface area contributed by atoms with Crippen molar-refractivity contribution in [2.45, 2.75) is 6.54 Å². The molecule has 0 spiro atoms. The smallest absolute Gasteiger partial charge is 0.125 e. The fourth-order valence-electron chi connectivity index (χ4n) is 1.36. The van der Waals surface area contributed by atoms with Crippen molar-refractivity contribution in [3.8, 4) is 5.75 Å². The first-order valence-corrected chi connectivity index (χ1v) is 4.83. The third-order valence-corrected chi connectivity index (χ3v) is 2.13. The lowest BCUT2D eigenvalue weighted by atomic mass is 10.2. The monoisotopic (exact) mass is 198 g/mol. The van der Waals surface area contributed by atoms with Crippen LogP contribution in [0.25, 0.3) is 0 Å². The van der Waals surface area contributed by atoms with Crippen LogP contribution >= 0.6 is 0 Å². The normalized spacial score (nSPS) is 9.87. The summed E-state index contributed by atoms with van der Waals surface area (Å²) in [6.07, 6.45) is 0. The highest BCUT2D eigenvalue weighted by Gasteiger charge is 1.94. The molecule has 2 rings (SSSR count). The number of anilines is 1. The van der Waals surface area contributed by atoms with E-state index in [1.54, 1.807) is 12.1 Å². The van der Waals surface area contributed by atoms with Crippen LogP contribution in [0.3, 0.4) is 0 Å². The molecule has 2 aromatic rings. The number of hydrogen-bond donors (Lipinski definition) is 2. The van der Waals surface area contributed by atoms with Gasteiger partial charge in [0.2, 0.25) is 0 Å². The minimum Gasteiger partial charge on any atom is -0.507 e. The van der Waals surface area contributed by atoms with Crippen molar-refractivity contribution in [3.63, 3.8) is 0 Å². The van der Waals surface area contributed by atoms with Gasteiger partial charge in [-0.3, -0.25) is 0 Å². The van der Waals surface area contributed by atoms with Crippen LogP contribution in [0.5, 0.6) is 5.75 Å². The maximum atomic E-state index is 9.21. The van der Waals surface area contributed by atoms with Gasteiger partial charge < -0.3 is 10.4 Å². The molecule has 0 atom stereocenters. The summed E-state index contributed by atoms with van der Waals surface area (Å²) in [6.45, 7) is 0.754. The lowest BCUT2D eigenvalue weighted by Gasteiger charge is -2.06. The number of hydrogen-bond acceptors (Lipinski definition) is 2. The molecule has 0 heterocycles. The summed E-state index contributed by atoms with van der Waals surface area (Å²) in [6, 6.07) is 18.0. The molecule has 0 fully saturated rings. The molecular weight excluding hydrogens is 186 g/mol. The van der Waals surface area contributed by atoms with Gasteiger partial charge >= 0.3 is 0 Å². The Bertz CT molecular complexity index is 426. The Balaban J connectivity index is 1.99. The van der Waals surface area contributed by atoms with Crippen LogP contribution in [0.1, 0.15) is 5.56 Å². The van der Waals surface area contributed by atoms with Gasteiger partial charge in [0.15, 0.2) is 0 Å². The van der Waals surface area contributed by atoms with E-state index in [2.05, 4.69) is 23.5 Å². The van der Waals surface area contributed by atoms with Crippen molar-refractivity contribution in [1.82, 2.24) is 0 Å². The highest BCUT2D eigenvalue weighted by Crippen LogP contribution is 2.15. The van der Waals surface area contributed by atoms with Gasteiger partial charge in [0.25, 0.3) is 0 Å². The zero-order chi connectivity index (χ0) is 10.5. The molecule has 75 valence electrons. The maximum Gasteiger partial charge on any atom is 0.125 e. The molecule has 0 unspecified atom stereocenters. The van der Waals surface area contributed by atoms with E-state index in [1.165, 1.54) is 5.56 Å². The second kappa shape index (κ2) is 4.51. The first-order chi connectivity index (χ1) is 7.34. The molecule has 0 aliphatic heterocycles. The first-order valence-electron chi connectivity index (χ1n) is 4.83. The van der Waals surface area contributed by atoms with E-state index in [1.807, 2.05) is 24.3 Å². The molecule has 0 saturated heterocycles. The fraction of sp³-hybridized carbons (Fsp3) is 0.0769. The van der Waals surface area contributed by atoms with Crippen molar-refractivity contribution in [1.29, 1.82) is 0 Å². The van der Waals surface area contributed by atoms with Crippen molar-refractivity contribution < 1.29 is 5.11 Å². The van der Waals surface area contributed by atoms with E-state index in [4.69, 9.17) is 0 Å². The summed E-state index contributed by atoms with van der Waals surface area (Å²) >= 11 is 0. The number of phenolic OH excluding ortho intramolecular Hbond substituents is 1. The second-order valence-electron chi connectivity index (χ2n) is 3.30. The summed E-state index contributed by atoms with van der Waals surface area (Å²) in [5.41, 5.74) is 2.11. The molecule has 2 N–H and O–H groups in total. The first kappa shape index (κ1) is 9.59. The molecule has 15 heavy (non-hydrogen) atoms. The summed E-state index contributed by atoms with van der Waals surface area (Å²) in [5.74, 6) is 0.160. The molecule has 2 heteroatoms. The molecule has 0 bridgehead atoms. The van der Waals surface area contributed by atoms with Crippen molar-refractivity contribution in [2.75, 3.05) is 5.32 Å². The van der Waals surface area contributed by atoms with E-state index >= 15 is 0 Å². The van der Waals surface area contributed by atoms with E-state index in [0.29, 0.717) is 0 Å². The van der Waals surface area contributed by atoms with Gasteiger partial charge in [-0.1, -0.05) is 30.3 Å². The summed E-state index contributed by atoms with van der Waals surface area (Å²) in [4.78, 5) is 0. The van der Waals surface area contributed by atoms with E-state index in [0.717, 1.165) is 12.2 Å². The van der Waals surface area contributed by atoms with E-state index in [-0.39, 0.29) is 5.75 Å². The Morgan fingerprint density at radius 3 is 2.67 bits per heavy atom. The quantitative estimate of drug-likeness (QED) is 0.794. The number of rotatable bonds is 3. The number of phenols is 1. The summed E-state index contributed by atoms with van der Waals surface area (Å²) in [7, 11) is 0.